The van der Waals surface area contributed by atoms with Crippen LogP contribution in [0.15, 0.2) is 18.2 Å². The summed E-state index contributed by atoms with van der Waals surface area (Å²) in [5.74, 6) is 1.00. The van der Waals surface area contributed by atoms with Crippen LogP contribution < -0.4 is 15.4 Å². The molecule has 3 atom stereocenters. The van der Waals surface area contributed by atoms with Crippen molar-refractivity contribution in [3.05, 3.63) is 23.8 Å². The number of hydrogen-bond acceptors (Lipinski definition) is 5. The number of hydrogen-bond donors (Lipinski definition) is 3. The molecule has 212 valence electrons. The first-order valence-electron chi connectivity index (χ1n) is 14.8. The second-order valence-corrected chi connectivity index (χ2v) is 12.0. The molecule has 3 amide bonds. The third kappa shape index (κ3) is 7.41. The van der Waals surface area contributed by atoms with Gasteiger partial charge in [-0.15, -0.1) is 0 Å². The molecule has 1 aliphatic heterocycles. The lowest BCUT2D eigenvalue weighted by molar-refractivity contribution is 0.0333. The number of aliphatic hydroxyl groups is 1. The number of para-hydroxylation sites is 1. The highest BCUT2D eigenvalue weighted by Gasteiger charge is 2.35. The van der Waals surface area contributed by atoms with E-state index in [2.05, 4.69) is 29.5 Å². The van der Waals surface area contributed by atoms with Crippen LogP contribution in [0, 0.1) is 11.8 Å². The number of nitrogens with zero attached hydrogens (tertiary/aromatic N) is 2. The average Bonchev–Trinajstić information content (AvgIpc) is 2.91. The fourth-order valence-electron chi connectivity index (χ4n) is 6.34. The molecule has 0 saturated heterocycles. The van der Waals surface area contributed by atoms with Gasteiger partial charge in [0.25, 0.3) is 5.91 Å². The predicted octanol–water partition coefficient (Wildman–Crippen LogP) is 4.87. The van der Waals surface area contributed by atoms with Crippen molar-refractivity contribution in [1.29, 1.82) is 0 Å². The van der Waals surface area contributed by atoms with Gasteiger partial charge in [-0.2, -0.15) is 0 Å². The minimum absolute atomic E-state index is 0.0408. The molecule has 0 bridgehead atoms. The fraction of sp³-hybridized carbons (Fsp3) is 0.733. The SMILES string of the molecule is C[C@@H]1CN([C@H](C)CO)C(=O)c2cccc(NC(=O)NC3CCCCC3)c2O[C@@H]1CN(C)CC1CCCCC1. The first kappa shape index (κ1) is 28.7. The second-order valence-electron chi connectivity index (χ2n) is 12.0. The van der Waals surface area contributed by atoms with E-state index in [4.69, 9.17) is 4.74 Å². The number of likely N-dealkylation sites (N-methyl/N-ethyl adjacent to an activating group) is 1. The van der Waals surface area contributed by atoms with Gasteiger partial charge in [0, 0.05) is 31.6 Å². The van der Waals surface area contributed by atoms with Gasteiger partial charge >= 0.3 is 6.03 Å². The molecule has 0 spiro atoms. The topological polar surface area (TPSA) is 94.1 Å². The van der Waals surface area contributed by atoms with Crippen molar-refractivity contribution < 1.29 is 19.4 Å². The number of carbonyl (C=O) groups excluding carboxylic acids is 2. The van der Waals surface area contributed by atoms with Gasteiger partial charge in [0.2, 0.25) is 0 Å². The molecule has 1 aromatic rings. The van der Waals surface area contributed by atoms with Crippen molar-refractivity contribution in [3.8, 4) is 5.75 Å². The van der Waals surface area contributed by atoms with E-state index < -0.39 is 0 Å². The Hall–Kier alpha value is -2.32. The van der Waals surface area contributed by atoms with Gasteiger partial charge < -0.3 is 30.3 Å². The summed E-state index contributed by atoms with van der Waals surface area (Å²) in [5.41, 5.74) is 0.933. The van der Waals surface area contributed by atoms with E-state index in [-0.39, 0.29) is 42.7 Å². The predicted molar refractivity (Wildman–Crippen MR) is 151 cm³/mol. The summed E-state index contributed by atoms with van der Waals surface area (Å²) in [6, 6.07) is 4.96. The first-order valence-corrected chi connectivity index (χ1v) is 14.8. The fourth-order valence-corrected chi connectivity index (χ4v) is 6.34. The zero-order valence-electron chi connectivity index (χ0n) is 23.6. The maximum absolute atomic E-state index is 13.7. The smallest absolute Gasteiger partial charge is 0.319 e. The van der Waals surface area contributed by atoms with Crippen LogP contribution in [0.1, 0.15) is 88.4 Å². The van der Waals surface area contributed by atoms with E-state index in [1.165, 1.54) is 38.5 Å². The van der Waals surface area contributed by atoms with Crippen molar-refractivity contribution in [2.45, 2.75) is 96.2 Å². The first-order chi connectivity index (χ1) is 18.4. The van der Waals surface area contributed by atoms with Crippen molar-refractivity contribution in [1.82, 2.24) is 15.1 Å². The molecule has 3 aliphatic rings. The van der Waals surface area contributed by atoms with Gasteiger partial charge in [0.05, 0.1) is 23.9 Å². The Labute approximate surface area is 228 Å². The maximum atomic E-state index is 13.7. The molecule has 2 fully saturated rings. The van der Waals surface area contributed by atoms with E-state index >= 15 is 0 Å². The van der Waals surface area contributed by atoms with E-state index in [0.29, 0.717) is 23.5 Å². The van der Waals surface area contributed by atoms with Crippen LogP contribution in [0.3, 0.4) is 0 Å². The second kappa shape index (κ2) is 13.7. The molecular weight excluding hydrogens is 480 g/mol. The lowest BCUT2D eigenvalue weighted by Gasteiger charge is -2.39. The van der Waals surface area contributed by atoms with E-state index in [0.717, 1.165) is 44.7 Å². The number of urea groups is 1. The van der Waals surface area contributed by atoms with Crippen molar-refractivity contribution in [3.63, 3.8) is 0 Å². The Morgan fingerprint density at radius 1 is 1.11 bits per heavy atom. The van der Waals surface area contributed by atoms with Gasteiger partial charge in [-0.1, -0.05) is 51.5 Å². The molecule has 4 rings (SSSR count). The third-order valence-corrected chi connectivity index (χ3v) is 8.67. The van der Waals surface area contributed by atoms with Crippen molar-refractivity contribution >= 4 is 17.6 Å². The molecule has 3 N–H and O–H groups in total. The Morgan fingerprint density at radius 3 is 2.47 bits per heavy atom. The van der Waals surface area contributed by atoms with Gasteiger partial charge in [-0.3, -0.25) is 4.79 Å². The van der Waals surface area contributed by atoms with Crippen LogP contribution in [0.4, 0.5) is 10.5 Å². The normalized spacial score (nSPS) is 24.2. The van der Waals surface area contributed by atoms with E-state index in [9.17, 15) is 14.7 Å². The third-order valence-electron chi connectivity index (χ3n) is 8.67. The molecule has 1 aromatic carbocycles. The van der Waals surface area contributed by atoms with Crippen LogP contribution in [0.2, 0.25) is 0 Å². The van der Waals surface area contributed by atoms with E-state index in [1.54, 1.807) is 23.1 Å². The Bertz CT molecular complexity index is 929. The van der Waals surface area contributed by atoms with Gasteiger partial charge in [0.1, 0.15) is 6.10 Å². The van der Waals surface area contributed by atoms with Gasteiger partial charge in [-0.25, -0.2) is 4.79 Å². The summed E-state index contributed by atoms with van der Waals surface area (Å²) in [4.78, 5) is 30.8. The molecule has 38 heavy (non-hydrogen) atoms. The minimum atomic E-state index is -0.317. The van der Waals surface area contributed by atoms with E-state index in [1.807, 2.05) is 6.92 Å². The number of nitrogens with one attached hydrogen (secondary N) is 2. The lowest BCUT2D eigenvalue weighted by Crippen LogP contribution is -2.50. The number of fused-ring (bicyclic) bond motifs is 1. The molecule has 0 unspecified atom stereocenters. The number of amides is 3. The van der Waals surface area contributed by atoms with Crippen LogP contribution in [0.5, 0.6) is 5.75 Å². The number of rotatable bonds is 8. The summed E-state index contributed by atoms with van der Waals surface area (Å²) in [5, 5.41) is 16.0. The largest absolute Gasteiger partial charge is 0.486 e. The van der Waals surface area contributed by atoms with Crippen molar-refractivity contribution in [2.24, 2.45) is 11.8 Å². The number of ether oxygens (including phenoxy) is 1. The highest BCUT2D eigenvalue weighted by molar-refractivity contribution is 6.01. The minimum Gasteiger partial charge on any atom is -0.486 e. The highest BCUT2D eigenvalue weighted by atomic mass is 16.5. The standard InChI is InChI=1S/C30H48N4O4/c1-21-17-34(22(2)20-35)29(36)25-15-10-16-26(32-30(37)31-24-13-8-5-9-14-24)28(25)38-27(21)19-33(3)18-23-11-6-4-7-12-23/h10,15-16,21-24,27,35H,4-9,11-14,17-20H2,1-3H3,(H2,31,32,37)/t21-,22-,27-/m1/s1. The summed E-state index contributed by atoms with van der Waals surface area (Å²) < 4.78 is 6.67. The van der Waals surface area contributed by atoms with Gasteiger partial charge in [-0.05, 0) is 57.7 Å². The molecule has 8 nitrogen and oxygen atoms in total. The summed E-state index contributed by atoms with van der Waals surface area (Å²) in [6.07, 6.45) is 11.9. The Balaban J connectivity index is 1.57. The number of anilines is 1. The van der Waals surface area contributed by atoms with Gasteiger partial charge in [0.15, 0.2) is 5.75 Å². The van der Waals surface area contributed by atoms with Crippen LogP contribution >= 0.6 is 0 Å². The zero-order chi connectivity index (χ0) is 27.1. The van der Waals surface area contributed by atoms with Crippen molar-refractivity contribution in [2.75, 3.05) is 38.6 Å². The van der Waals surface area contributed by atoms with Crippen LogP contribution in [-0.4, -0.2) is 78.3 Å². The number of benzene rings is 1. The zero-order valence-corrected chi connectivity index (χ0v) is 23.6. The summed E-state index contributed by atoms with van der Waals surface area (Å²) in [7, 11) is 2.16. The quantitative estimate of drug-likeness (QED) is 0.447. The molecule has 0 radical (unpaired) electrons. The Morgan fingerprint density at radius 2 is 1.79 bits per heavy atom. The van der Waals surface area contributed by atoms with Crippen LogP contribution in [-0.2, 0) is 0 Å². The number of aliphatic hydroxyl groups excluding tert-OH is 1. The molecule has 2 saturated carbocycles. The number of carbonyl (C=O) groups is 2. The molecule has 0 aromatic heterocycles. The summed E-state index contributed by atoms with van der Waals surface area (Å²) >= 11 is 0. The monoisotopic (exact) mass is 528 g/mol. The molecule has 8 heteroatoms. The molecular formula is C30H48N4O4. The highest BCUT2D eigenvalue weighted by Crippen LogP contribution is 2.35. The van der Waals surface area contributed by atoms with Crippen LogP contribution in [0.25, 0.3) is 0 Å². The molecule has 1 heterocycles. The summed E-state index contributed by atoms with van der Waals surface area (Å²) in [6.45, 7) is 6.15. The molecule has 2 aliphatic carbocycles. The maximum Gasteiger partial charge on any atom is 0.319 e. The Kier molecular flexibility index (Phi) is 10.3. The average molecular weight is 529 g/mol. The lowest BCUT2D eigenvalue weighted by atomic mass is 9.89.